The van der Waals surface area contributed by atoms with Crippen LogP contribution in [-0.2, 0) is 5.60 Å². The van der Waals surface area contributed by atoms with Crippen LogP contribution in [0.2, 0.25) is 0 Å². The molecule has 0 fully saturated rings. The number of allylic oxidation sites excluding steroid dienone is 1. The van der Waals surface area contributed by atoms with Crippen molar-refractivity contribution in [3.63, 3.8) is 0 Å². The van der Waals surface area contributed by atoms with E-state index in [1.165, 1.54) is 11.1 Å². The molecule has 0 aliphatic rings. The second-order valence-corrected chi connectivity index (χ2v) is 5.30. The molecule has 20 heavy (non-hydrogen) atoms. The molecule has 0 heterocycles. The maximum atomic E-state index is 10.5. The summed E-state index contributed by atoms with van der Waals surface area (Å²) in [5.41, 5.74) is 2.53. The summed E-state index contributed by atoms with van der Waals surface area (Å²) in [6.45, 7) is 3.96. The molecular weight excluding hydrogens is 244 g/mol. The van der Waals surface area contributed by atoms with Gasteiger partial charge in [-0.2, -0.15) is 0 Å². The van der Waals surface area contributed by atoms with Crippen LogP contribution in [0.25, 0.3) is 11.1 Å². The molecule has 0 aliphatic carbocycles. The Hall–Kier alpha value is -1.86. The fourth-order valence-electron chi connectivity index (χ4n) is 2.25. The fourth-order valence-corrected chi connectivity index (χ4v) is 2.25. The van der Waals surface area contributed by atoms with E-state index in [9.17, 15) is 5.11 Å². The van der Waals surface area contributed by atoms with Crippen molar-refractivity contribution in [3.05, 3.63) is 72.3 Å². The van der Waals surface area contributed by atoms with Gasteiger partial charge in [-0.3, -0.25) is 0 Å². The Bertz CT molecular complexity index is 550. The van der Waals surface area contributed by atoms with Crippen molar-refractivity contribution in [1.29, 1.82) is 0 Å². The molecule has 2 rings (SSSR count). The molecule has 2 aromatic rings. The Labute approximate surface area is 121 Å². The van der Waals surface area contributed by atoms with E-state index in [1.54, 1.807) is 0 Å². The van der Waals surface area contributed by atoms with E-state index in [4.69, 9.17) is 0 Å². The molecule has 0 saturated heterocycles. The van der Waals surface area contributed by atoms with Gasteiger partial charge in [0.25, 0.3) is 0 Å². The van der Waals surface area contributed by atoms with Gasteiger partial charge in [0.1, 0.15) is 0 Å². The molecule has 2 aromatic carbocycles. The molecule has 1 nitrogen and oxygen atoms in total. The lowest BCUT2D eigenvalue weighted by Crippen LogP contribution is -2.19. The molecule has 0 radical (unpaired) electrons. The van der Waals surface area contributed by atoms with Crippen molar-refractivity contribution < 1.29 is 5.11 Å². The standard InChI is InChI=1S/C19H22O/c1-3-4-8-15-19(2,20)18-13-11-17(12-14-18)16-9-6-5-7-10-16/h4-14,20H,3,15H2,1-2H3/b8-4+. The zero-order valence-electron chi connectivity index (χ0n) is 12.2. The third-order valence-electron chi connectivity index (χ3n) is 3.53. The van der Waals surface area contributed by atoms with E-state index in [2.05, 4.69) is 37.3 Å². The van der Waals surface area contributed by atoms with Crippen molar-refractivity contribution in [2.45, 2.75) is 32.3 Å². The Morgan fingerprint density at radius 1 is 0.900 bits per heavy atom. The molecule has 0 saturated carbocycles. The highest BCUT2D eigenvalue weighted by Gasteiger charge is 2.21. The molecule has 1 heteroatoms. The molecular formula is C19H22O. The largest absolute Gasteiger partial charge is 0.385 e. The second-order valence-electron chi connectivity index (χ2n) is 5.30. The lowest BCUT2D eigenvalue weighted by molar-refractivity contribution is 0.0605. The minimum absolute atomic E-state index is 0.644. The van der Waals surface area contributed by atoms with E-state index in [0.717, 1.165) is 12.0 Å². The molecule has 1 unspecified atom stereocenters. The molecule has 1 N–H and O–H groups in total. The number of hydrogen-bond donors (Lipinski definition) is 1. The van der Waals surface area contributed by atoms with E-state index in [0.29, 0.717) is 6.42 Å². The molecule has 0 amide bonds. The average molecular weight is 266 g/mol. The van der Waals surface area contributed by atoms with Crippen molar-refractivity contribution in [3.8, 4) is 11.1 Å². The van der Waals surface area contributed by atoms with Gasteiger partial charge >= 0.3 is 0 Å². The van der Waals surface area contributed by atoms with Crippen LogP contribution in [-0.4, -0.2) is 5.11 Å². The minimum Gasteiger partial charge on any atom is -0.385 e. The molecule has 104 valence electrons. The Morgan fingerprint density at radius 2 is 1.50 bits per heavy atom. The highest BCUT2D eigenvalue weighted by molar-refractivity contribution is 5.63. The number of benzene rings is 2. The summed E-state index contributed by atoms with van der Waals surface area (Å²) in [7, 11) is 0. The molecule has 1 atom stereocenters. The van der Waals surface area contributed by atoms with E-state index >= 15 is 0 Å². The average Bonchev–Trinajstić information content (AvgIpc) is 2.48. The van der Waals surface area contributed by atoms with E-state index in [-0.39, 0.29) is 0 Å². The van der Waals surface area contributed by atoms with Crippen LogP contribution in [0.3, 0.4) is 0 Å². The van der Waals surface area contributed by atoms with Crippen molar-refractivity contribution in [1.82, 2.24) is 0 Å². The smallest absolute Gasteiger partial charge is 0.0902 e. The van der Waals surface area contributed by atoms with Crippen LogP contribution in [0, 0.1) is 0 Å². The predicted molar refractivity (Wildman–Crippen MR) is 85.5 cm³/mol. The highest BCUT2D eigenvalue weighted by Crippen LogP contribution is 2.27. The summed E-state index contributed by atoms with van der Waals surface area (Å²) < 4.78 is 0. The van der Waals surface area contributed by atoms with E-state index in [1.807, 2.05) is 43.3 Å². The van der Waals surface area contributed by atoms with Gasteiger partial charge in [0, 0.05) is 0 Å². The number of rotatable bonds is 5. The van der Waals surface area contributed by atoms with Crippen molar-refractivity contribution in [2.75, 3.05) is 0 Å². The first-order chi connectivity index (χ1) is 9.63. The number of hydrogen-bond acceptors (Lipinski definition) is 1. The molecule has 0 spiro atoms. The first kappa shape index (κ1) is 14.5. The molecule has 0 aromatic heterocycles. The Kier molecular flexibility index (Phi) is 4.75. The van der Waals surface area contributed by atoms with Gasteiger partial charge in [0.2, 0.25) is 0 Å². The zero-order chi connectivity index (χ0) is 14.4. The third kappa shape index (κ3) is 3.58. The van der Waals surface area contributed by atoms with Gasteiger partial charge in [0.05, 0.1) is 5.60 Å². The first-order valence-corrected chi connectivity index (χ1v) is 7.17. The zero-order valence-corrected chi connectivity index (χ0v) is 12.2. The normalized spacial score (nSPS) is 14.3. The highest BCUT2D eigenvalue weighted by atomic mass is 16.3. The summed E-state index contributed by atoms with van der Waals surface area (Å²) in [6.07, 6.45) is 5.78. The van der Waals surface area contributed by atoms with Gasteiger partial charge in [0.15, 0.2) is 0 Å². The van der Waals surface area contributed by atoms with Crippen LogP contribution in [0.5, 0.6) is 0 Å². The lowest BCUT2D eigenvalue weighted by Gasteiger charge is -2.22. The quantitative estimate of drug-likeness (QED) is 0.762. The van der Waals surface area contributed by atoms with Crippen molar-refractivity contribution in [2.24, 2.45) is 0 Å². The summed E-state index contributed by atoms with van der Waals surface area (Å²) in [5, 5.41) is 10.5. The van der Waals surface area contributed by atoms with E-state index < -0.39 is 5.60 Å². The second kappa shape index (κ2) is 6.53. The molecule has 0 aliphatic heterocycles. The Morgan fingerprint density at radius 3 is 2.10 bits per heavy atom. The monoisotopic (exact) mass is 266 g/mol. The maximum Gasteiger partial charge on any atom is 0.0902 e. The van der Waals surface area contributed by atoms with Crippen LogP contribution in [0.4, 0.5) is 0 Å². The van der Waals surface area contributed by atoms with Crippen LogP contribution in [0.15, 0.2) is 66.7 Å². The maximum absolute atomic E-state index is 10.5. The van der Waals surface area contributed by atoms with Crippen molar-refractivity contribution >= 4 is 0 Å². The van der Waals surface area contributed by atoms with Crippen LogP contribution < -0.4 is 0 Å². The molecule has 0 bridgehead atoms. The predicted octanol–water partition coefficient (Wildman–Crippen LogP) is 4.92. The third-order valence-corrected chi connectivity index (χ3v) is 3.53. The van der Waals surface area contributed by atoms with Crippen LogP contribution in [0.1, 0.15) is 32.3 Å². The summed E-state index contributed by atoms with van der Waals surface area (Å²) in [4.78, 5) is 0. The van der Waals surface area contributed by atoms with Gasteiger partial charge in [-0.25, -0.2) is 0 Å². The van der Waals surface area contributed by atoms with Gasteiger partial charge in [-0.05, 0) is 36.5 Å². The lowest BCUT2D eigenvalue weighted by atomic mass is 9.91. The van der Waals surface area contributed by atoms with Gasteiger partial charge in [-0.15, -0.1) is 0 Å². The van der Waals surface area contributed by atoms with Crippen LogP contribution >= 0.6 is 0 Å². The first-order valence-electron chi connectivity index (χ1n) is 7.17. The number of aliphatic hydroxyl groups is 1. The topological polar surface area (TPSA) is 20.2 Å². The summed E-state index contributed by atoms with van der Waals surface area (Å²) >= 11 is 0. The Balaban J connectivity index is 2.17. The summed E-state index contributed by atoms with van der Waals surface area (Å²) in [6, 6.07) is 18.5. The SMILES string of the molecule is CC/C=C/CC(C)(O)c1ccc(-c2ccccc2)cc1. The minimum atomic E-state index is -0.805. The fraction of sp³-hybridized carbons (Fsp3) is 0.263. The van der Waals surface area contributed by atoms with Gasteiger partial charge < -0.3 is 5.11 Å². The van der Waals surface area contributed by atoms with Gasteiger partial charge in [-0.1, -0.05) is 73.7 Å². The summed E-state index contributed by atoms with van der Waals surface area (Å²) in [5.74, 6) is 0.